The van der Waals surface area contributed by atoms with E-state index in [-0.39, 0.29) is 0 Å². The van der Waals surface area contributed by atoms with E-state index in [0.29, 0.717) is 6.61 Å². The maximum absolute atomic E-state index is 9.96. The average molecular weight is 270 g/mol. The first kappa shape index (κ1) is 12.9. The van der Waals surface area contributed by atoms with Gasteiger partial charge in [0.15, 0.2) is 0 Å². The first-order chi connectivity index (χ1) is 9.77. The highest BCUT2D eigenvalue weighted by Gasteiger charge is 2.21. The highest BCUT2D eigenvalue weighted by atomic mass is 16.5. The third kappa shape index (κ3) is 2.34. The second kappa shape index (κ2) is 5.51. The zero-order valence-electron chi connectivity index (χ0n) is 11.5. The smallest absolute Gasteiger partial charge is 0.142 e. The predicted molar refractivity (Wildman–Crippen MR) is 78.4 cm³/mol. The van der Waals surface area contributed by atoms with Crippen LogP contribution in [0.1, 0.15) is 25.0 Å². The lowest BCUT2D eigenvalue weighted by Crippen LogP contribution is -2.21. The number of pyridine rings is 1. The van der Waals surface area contributed by atoms with E-state index in [1.807, 2.05) is 36.4 Å². The summed E-state index contributed by atoms with van der Waals surface area (Å²) in [5, 5.41) is 9.96. The number of para-hydroxylation sites is 2. The van der Waals surface area contributed by atoms with Gasteiger partial charge in [0, 0.05) is 18.3 Å². The number of aliphatic hydroxyl groups excluding tert-OH is 1. The van der Waals surface area contributed by atoms with Crippen molar-refractivity contribution in [2.75, 3.05) is 18.1 Å². The van der Waals surface area contributed by atoms with E-state index in [9.17, 15) is 5.11 Å². The van der Waals surface area contributed by atoms with E-state index in [0.717, 1.165) is 35.8 Å². The highest BCUT2D eigenvalue weighted by molar-refractivity contribution is 5.69. The van der Waals surface area contributed by atoms with E-state index in [1.54, 1.807) is 13.1 Å². The Bertz CT molecular complexity index is 599. The summed E-state index contributed by atoms with van der Waals surface area (Å²) in [7, 11) is 0. The van der Waals surface area contributed by atoms with Gasteiger partial charge in [0.2, 0.25) is 0 Å². The van der Waals surface area contributed by atoms with Crippen LogP contribution in [0.4, 0.5) is 11.5 Å². The van der Waals surface area contributed by atoms with Crippen LogP contribution >= 0.6 is 0 Å². The molecule has 0 amide bonds. The predicted octanol–water partition coefficient (Wildman–Crippen LogP) is 3.06. The Kier molecular flexibility index (Phi) is 3.56. The van der Waals surface area contributed by atoms with Crippen LogP contribution < -0.4 is 9.64 Å². The van der Waals surface area contributed by atoms with Crippen molar-refractivity contribution in [1.82, 2.24) is 4.98 Å². The number of anilines is 2. The highest BCUT2D eigenvalue weighted by Crippen LogP contribution is 2.37. The topological polar surface area (TPSA) is 45.6 Å². The molecule has 0 saturated carbocycles. The molecule has 0 unspecified atom stereocenters. The molecule has 0 fully saturated rings. The molecule has 0 spiro atoms. The van der Waals surface area contributed by atoms with Gasteiger partial charge in [-0.3, -0.25) is 0 Å². The quantitative estimate of drug-likeness (QED) is 0.911. The molecular weight excluding hydrogens is 252 g/mol. The third-order valence-electron chi connectivity index (χ3n) is 3.46. The van der Waals surface area contributed by atoms with Gasteiger partial charge in [-0.2, -0.15) is 0 Å². The van der Waals surface area contributed by atoms with E-state index >= 15 is 0 Å². The van der Waals surface area contributed by atoms with E-state index in [4.69, 9.17) is 4.74 Å². The molecule has 4 nitrogen and oxygen atoms in total. The third-order valence-corrected chi connectivity index (χ3v) is 3.46. The van der Waals surface area contributed by atoms with E-state index in [2.05, 4.69) is 9.88 Å². The Morgan fingerprint density at radius 1 is 1.25 bits per heavy atom. The summed E-state index contributed by atoms with van der Waals surface area (Å²) in [6.07, 6.45) is 2.13. The molecule has 1 aliphatic rings. The zero-order valence-corrected chi connectivity index (χ0v) is 11.5. The van der Waals surface area contributed by atoms with Gasteiger partial charge in [-0.15, -0.1) is 0 Å². The average Bonchev–Trinajstić information content (AvgIpc) is 2.69. The largest absolute Gasteiger partial charge is 0.491 e. The van der Waals surface area contributed by atoms with Crippen molar-refractivity contribution in [3.63, 3.8) is 0 Å². The first-order valence-corrected chi connectivity index (χ1v) is 6.89. The summed E-state index contributed by atoms with van der Waals surface area (Å²) in [5.41, 5.74) is 1.84. The van der Waals surface area contributed by atoms with Gasteiger partial charge in [-0.1, -0.05) is 18.2 Å². The van der Waals surface area contributed by atoms with Crippen LogP contribution in [0.25, 0.3) is 0 Å². The molecule has 2 aromatic rings. The van der Waals surface area contributed by atoms with Gasteiger partial charge in [0.05, 0.1) is 18.4 Å². The molecule has 2 heterocycles. The van der Waals surface area contributed by atoms with Gasteiger partial charge in [-0.05, 0) is 31.5 Å². The van der Waals surface area contributed by atoms with E-state index < -0.39 is 6.10 Å². The van der Waals surface area contributed by atoms with Crippen LogP contribution in [-0.2, 0) is 0 Å². The number of ether oxygens (including phenoxy) is 1. The molecule has 1 aliphatic heterocycles. The number of hydrogen-bond acceptors (Lipinski definition) is 4. The maximum Gasteiger partial charge on any atom is 0.142 e. The Hall–Kier alpha value is -2.07. The lowest BCUT2D eigenvalue weighted by molar-refractivity contribution is 0.199. The summed E-state index contributed by atoms with van der Waals surface area (Å²) < 4.78 is 5.77. The standard InChI is InChI=1S/C16H18N2O2/c1-12(19)13-6-4-9-17-16(13)18-10-5-11-20-15-8-3-2-7-14(15)18/h2-4,6-9,12,19H,5,10-11H2,1H3/t12-/m0/s1. The maximum atomic E-state index is 9.96. The molecule has 1 aromatic carbocycles. The molecule has 0 radical (unpaired) electrons. The Morgan fingerprint density at radius 3 is 2.95 bits per heavy atom. The number of rotatable bonds is 2. The van der Waals surface area contributed by atoms with Crippen LogP contribution in [0, 0.1) is 0 Å². The van der Waals surface area contributed by atoms with Gasteiger partial charge >= 0.3 is 0 Å². The lowest BCUT2D eigenvalue weighted by Gasteiger charge is -2.25. The number of aromatic nitrogens is 1. The molecule has 1 atom stereocenters. The number of nitrogens with zero attached hydrogens (tertiary/aromatic N) is 2. The fourth-order valence-corrected chi connectivity index (χ4v) is 2.51. The van der Waals surface area contributed by atoms with Gasteiger partial charge in [0.1, 0.15) is 11.6 Å². The summed E-state index contributed by atoms with van der Waals surface area (Å²) in [6, 6.07) is 11.7. The number of benzene rings is 1. The van der Waals surface area contributed by atoms with Crippen molar-refractivity contribution in [3.8, 4) is 5.75 Å². The lowest BCUT2D eigenvalue weighted by atomic mass is 10.1. The molecule has 4 heteroatoms. The van der Waals surface area contributed by atoms with Crippen molar-refractivity contribution >= 4 is 11.5 Å². The summed E-state index contributed by atoms with van der Waals surface area (Å²) in [6.45, 7) is 3.29. The van der Waals surface area contributed by atoms with Gasteiger partial charge in [0.25, 0.3) is 0 Å². The molecule has 0 bridgehead atoms. The summed E-state index contributed by atoms with van der Waals surface area (Å²) >= 11 is 0. The van der Waals surface area contributed by atoms with Gasteiger partial charge in [-0.25, -0.2) is 4.98 Å². The zero-order chi connectivity index (χ0) is 13.9. The minimum atomic E-state index is -0.546. The number of fused-ring (bicyclic) bond motifs is 1. The molecule has 3 rings (SSSR count). The van der Waals surface area contributed by atoms with Crippen LogP contribution in [0.15, 0.2) is 42.6 Å². The Labute approximate surface area is 118 Å². The monoisotopic (exact) mass is 270 g/mol. The molecular formula is C16H18N2O2. The Morgan fingerprint density at radius 2 is 2.10 bits per heavy atom. The van der Waals surface area contributed by atoms with Crippen molar-refractivity contribution < 1.29 is 9.84 Å². The van der Waals surface area contributed by atoms with Crippen molar-refractivity contribution in [1.29, 1.82) is 0 Å². The van der Waals surface area contributed by atoms with Crippen molar-refractivity contribution in [2.45, 2.75) is 19.4 Å². The molecule has 20 heavy (non-hydrogen) atoms. The normalized spacial score (nSPS) is 16.0. The van der Waals surface area contributed by atoms with Crippen LogP contribution in [0.5, 0.6) is 5.75 Å². The SMILES string of the molecule is C[C@H](O)c1cccnc1N1CCCOc2ccccc21. The van der Waals surface area contributed by atoms with E-state index in [1.165, 1.54) is 0 Å². The minimum absolute atomic E-state index is 0.546. The fourth-order valence-electron chi connectivity index (χ4n) is 2.51. The minimum Gasteiger partial charge on any atom is -0.491 e. The second-order valence-corrected chi connectivity index (χ2v) is 4.91. The van der Waals surface area contributed by atoms with Crippen LogP contribution in [0.2, 0.25) is 0 Å². The Balaban J connectivity index is 2.10. The summed E-state index contributed by atoms with van der Waals surface area (Å²) in [5.74, 6) is 1.67. The molecule has 104 valence electrons. The molecule has 0 saturated heterocycles. The molecule has 1 N–H and O–H groups in total. The fraction of sp³-hybridized carbons (Fsp3) is 0.312. The van der Waals surface area contributed by atoms with Crippen molar-refractivity contribution in [2.24, 2.45) is 0 Å². The number of aliphatic hydroxyl groups is 1. The van der Waals surface area contributed by atoms with Crippen molar-refractivity contribution in [3.05, 3.63) is 48.2 Å². The van der Waals surface area contributed by atoms with Crippen LogP contribution in [-0.4, -0.2) is 23.2 Å². The second-order valence-electron chi connectivity index (χ2n) is 4.91. The van der Waals surface area contributed by atoms with Gasteiger partial charge < -0.3 is 14.7 Å². The van der Waals surface area contributed by atoms with Crippen LogP contribution in [0.3, 0.4) is 0 Å². The number of hydrogen-bond donors (Lipinski definition) is 1. The molecule has 1 aromatic heterocycles. The molecule has 0 aliphatic carbocycles. The first-order valence-electron chi connectivity index (χ1n) is 6.89. The summed E-state index contributed by atoms with van der Waals surface area (Å²) in [4.78, 5) is 6.60.